The molecule has 7 N–H and O–H groups in total. The summed E-state index contributed by atoms with van der Waals surface area (Å²) < 4.78 is 11.3. The van der Waals surface area contributed by atoms with Crippen LogP contribution >= 0.6 is 0 Å². The molecule has 1 aromatic heterocycles. The van der Waals surface area contributed by atoms with Gasteiger partial charge < -0.3 is 44.9 Å². The molecule has 0 aliphatic carbocycles. The standard InChI is InChI=1S/C21H20O10/c22-7-14-17(27)18(28)19(29)21(31-14)16-11(25)5-10(24)15-12(26)6-13(30-20(15)16)8-1-3-9(23)4-2-8/h1-6,14,17-19,21-25,27-29H,7H2/t14-,17-,18+,19-,21-/m1/s1. The summed E-state index contributed by atoms with van der Waals surface area (Å²) in [7, 11) is 0. The van der Waals surface area contributed by atoms with Gasteiger partial charge in [-0.1, -0.05) is 0 Å². The van der Waals surface area contributed by atoms with Crippen LogP contribution in [0.4, 0.5) is 0 Å². The first-order valence-corrected chi connectivity index (χ1v) is 9.35. The Morgan fingerprint density at radius 2 is 1.55 bits per heavy atom. The highest BCUT2D eigenvalue weighted by Gasteiger charge is 2.46. The lowest BCUT2D eigenvalue weighted by Crippen LogP contribution is -2.55. The fraction of sp³-hybridized carbons (Fsp3) is 0.286. The number of hydrogen-bond acceptors (Lipinski definition) is 10. The van der Waals surface area contributed by atoms with Crippen LogP contribution < -0.4 is 5.43 Å². The Morgan fingerprint density at radius 3 is 2.19 bits per heavy atom. The molecule has 0 unspecified atom stereocenters. The second-order valence-corrected chi connectivity index (χ2v) is 7.30. The van der Waals surface area contributed by atoms with Gasteiger partial charge >= 0.3 is 0 Å². The van der Waals surface area contributed by atoms with Crippen LogP contribution in [0.15, 0.2) is 45.6 Å². The Bertz CT molecular complexity index is 1170. The first kappa shape index (κ1) is 21.1. The zero-order valence-corrected chi connectivity index (χ0v) is 15.9. The molecular formula is C21H20O10. The van der Waals surface area contributed by atoms with Gasteiger partial charge in [-0.15, -0.1) is 0 Å². The van der Waals surface area contributed by atoms with Gasteiger partial charge in [-0.3, -0.25) is 4.79 Å². The van der Waals surface area contributed by atoms with Crippen molar-refractivity contribution in [2.24, 2.45) is 0 Å². The largest absolute Gasteiger partial charge is 0.508 e. The van der Waals surface area contributed by atoms with Crippen LogP contribution in [0.25, 0.3) is 22.3 Å². The lowest BCUT2D eigenvalue weighted by atomic mass is 9.89. The third-order valence-electron chi connectivity index (χ3n) is 5.33. The smallest absolute Gasteiger partial charge is 0.197 e. The minimum absolute atomic E-state index is 0.0100. The average Bonchev–Trinajstić information content (AvgIpc) is 2.73. The van der Waals surface area contributed by atoms with Gasteiger partial charge in [0.15, 0.2) is 11.0 Å². The van der Waals surface area contributed by atoms with Gasteiger partial charge in [0.25, 0.3) is 0 Å². The molecule has 1 aliphatic rings. The van der Waals surface area contributed by atoms with Gasteiger partial charge in [0, 0.05) is 17.7 Å². The van der Waals surface area contributed by atoms with Gasteiger partial charge in [-0.2, -0.15) is 0 Å². The molecule has 4 rings (SSSR count). The summed E-state index contributed by atoms with van der Waals surface area (Å²) in [5.74, 6) is -1.15. The number of aromatic hydroxyl groups is 3. The summed E-state index contributed by atoms with van der Waals surface area (Å²) in [6.45, 7) is -0.694. The fourth-order valence-corrected chi connectivity index (χ4v) is 3.70. The molecule has 10 heteroatoms. The zero-order chi connectivity index (χ0) is 22.4. The molecule has 0 radical (unpaired) electrons. The van der Waals surface area contributed by atoms with E-state index in [9.17, 15) is 40.5 Å². The molecule has 1 aliphatic heterocycles. The Morgan fingerprint density at radius 1 is 0.871 bits per heavy atom. The predicted octanol–water partition coefficient (Wildman–Crippen LogP) is 0.0917. The first-order chi connectivity index (χ1) is 14.7. The number of phenols is 3. The van der Waals surface area contributed by atoms with Crippen LogP contribution in [0.5, 0.6) is 17.2 Å². The van der Waals surface area contributed by atoms with E-state index < -0.39 is 54.1 Å². The van der Waals surface area contributed by atoms with Crippen molar-refractivity contribution in [3.63, 3.8) is 0 Å². The monoisotopic (exact) mass is 432 g/mol. The SMILES string of the molecule is O=c1cc(-c2ccc(O)cc2)oc2c([C@H]3O[C@H](CO)[C@@H](O)[C@H](O)[C@H]3O)c(O)cc(O)c12. The molecule has 10 nitrogen and oxygen atoms in total. The van der Waals surface area contributed by atoms with E-state index in [1.807, 2.05) is 0 Å². The van der Waals surface area contributed by atoms with Crippen LogP contribution in [-0.2, 0) is 4.74 Å². The van der Waals surface area contributed by atoms with Crippen LogP contribution in [-0.4, -0.2) is 66.8 Å². The minimum Gasteiger partial charge on any atom is -0.508 e. The number of aliphatic hydroxyl groups excluding tert-OH is 4. The highest BCUT2D eigenvalue weighted by molar-refractivity contribution is 5.89. The van der Waals surface area contributed by atoms with Crippen LogP contribution in [0.2, 0.25) is 0 Å². The normalized spacial score (nSPS) is 26.3. The van der Waals surface area contributed by atoms with Crippen molar-refractivity contribution in [2.75, 3.05) is 6.61 Å². The molecule has 0 bridgehead atoms. The Kier molecular flexibility index (Phi) is 5.33. The van der Waals surface area contributed by atoms with Gasteiger partial charge in [0.1, 0.15) is 58.9 Å². The quantitative estimate of drug-likeness (QED) is 0.300. The molecule has 3 aromatic rings. The maximum Gasteiger partial charge on any atom is 0.197 e. The topological polar surface area (TPSA) is 181 Å². The summed E-state index contributed by atoms with van der Waals surface area (Å²) in [6.07, 6.45) is -7.87. The van der Waals surface area contributed by atoms with E-state index in [4.69, 9.17) is 9.15 Å². The second-order valence-electron chi connectivity index (χ2n) is 7.30. The Labute approximate surface area is 174 Å². The highest BCUT2D eigenvalue weighted by Crippen LogP contribution is 2.43. The number of fused-ring (bicyclic) bond motifs is 1. The van der Waals surface area contributed by atoms with E-state index in [-0.39, 0.29) is 28.0 Å². The van der Waals surface area contributed by atoms with Crippen molar-refractivity contribution in [1.82, 2.24) is 0 Å². The van der Waals surface area contributed by atoms with Gasteiger partial charge in [-0.05, 0) is 24.3 Å². The average molecular weight is 432 g/mol. The molecule has 1 fully saturated rings. The summed E-state index contributed by atoms with van der Waals surface area (Å²) in [5, 5.41) is 70.0. The predicted molar refractivity (Wildman–Crippen MR) is 106 cm³/mol. The van der Waals surface area contributed by atoms with Crippen molar-refractivity contribution >= 4 is 11.0 Å². The molecule has 0 amide bonds. The van der Waals surface area contributed by atoms with Crippen molar-refractivity contribution in [1.29, 1.82) is 0 Å². The number of phenolic OH excluding ortho intramolecular Hbond substituents is 3. The van der Waals surface area contributed by atoms with Crippen molar-refractivity contribution < 1.29 is 44.9 Å². The molecule has 164 valence electrons. The summed E-state index contributed by atoms with van der Waals surface area (Å²) in [6, 6.07) is 7.69. The highest BCUT2D eigenvalue weighted by atomic mass is 16.5. The summed E-state index contributed by atoms with van der Waals surface area (Å²) in [5.41, 5.74) is -0.813. The molecule has 2 aromatic carbocycles. The molecule has 5 atom stereocenters. The van der Waals surface area contributed by atoms with E-state index in [0.717, 1.165) is 12.1 Å². The van der Waals surface area contributed by atoms with E-state index in [2.05, 4.69) is 0 Å². The Balaban J connectivity index is 1.96. The van der Waals surface area contributed by atoms with Crippen LogP contribution in [0.3, 0.4) is 0 Å². The second kappa shape index (κ2) is 7.84. The number of rotatable bonds is 3. The number of benzene rings is 2. The number of ether oxygens (including phenoxy) is 1. The molecule has 31 heavy (non-hydrogen) atoms. The first-order valence-electron chi connectivity index (χ1n) is 9.35. The third kappa shape index (κ3) is 3.50. The lowest BCUT2D eigenvalue weighted by Gasteiger charge is -2.40. The number of aliphatic hydroxyl groups is 4. The van der Waals surface area contributed by atoms with Crippen molar-refractivity contribution in [3.05, 3.63) is 52.2 Å². The molecule has 0 saturated carbocycles. The molecule has 1 saturated heterocycles. The van der Waals surface area contributed by atoms with E-state index in [0.29, 0.717) is 5.56 Å². The van der Waals surface area contributed by atoms with E-state index in [1.165, 1.54) is 24.3 Å². The van der Waals surface area contributed by atoms with E-state index in [1.54, 1.807) is 0 Å². The molecule has 0 spiro atoms. The number of hydrogen-bond donors (Lipinski definition) is 7. The van der Waals surface area contributed by atoms with E-state index >= 15 is 0 Å². The maximum atomic E-state index is 12.7. The maximum absolute atomic E-state index is 12.7. The zero-order valence-electron chi connectivity index (χ0n) is 15.9. The van der Waals surface area contributed by atoms with Crippen molar-refractivity contribution in [2.45, 2.75) is 30.5 Å². The van der Waals surface area contributed by atoms with Gasteiger partial charge in [0.2, 0.25) is 0 Å². The minimum atomic E-state index is -1.75. The lowest BCUT2D eigenvalue weighted by molar-refractivity contribution is -0.231. The molecular weight excluding hydrogens is 412 g/mol. The van der Waals surface area contributed by atoms with Gasteiger partial charge in [-0.25, -0.2) is 0 Å². The summed E-state index contributed by atoms with van der Waals surface area (Å²) >= 11 is 0. The van der Waals surface area contributed by atoms with Crippen molar-refractivity contribution in [3.8, 4) is 28.6 Å². The Hall–Kier alpha value is -3.15. The van der Waals surface area contributed by atoms with Crippen LogP contribution in [0, 0.1) is 0 Å². The van der Waals surface area contributed by atoms with Crippen LogP contribution in [0.1, 0.15) is 11.7 Å². The fourth-order valence-electron chi connectivity index (χ4n) is 3.70. The van der Waals surface area contributed by atoms with Gasteiger partial charge in [0.05, 0.1) is 12.2 Å². The third-order valence-corrected chi connectivity index (χ3v) is 5.33. The summed E-state index contributed by atoms with van der Waals surface area (Å²) in [4.78, 5) is 12.7. The molecule has 2 heterocycles.